The predicted molar refractivity (Wildman–Crippen MR) is 114 cm³/mol. The van der Waals surface area contributed by atoms with Crippen molar-refractivity contribution in [3.63, 3.8) is 0 Å². The molecule has 3 rings (SSSR count). The van der Waals surface area contributed by atoms with Gasteiger partial charge in [-0.3, -0.25) is 9.56 Å². The van der Waals surface area contributed by atoms with E-state index in [0.29, 0.717) is 13.0 Å². The first-order valence-corrected chi connectivity index (χ1v) is 10.8. The Morgan fingerprint density at radius 3 is 2.43 bits per heavy atom. The smallest absolute Gasteiger partial charge is 0.265 e. The van der Waals surface area contributed by atoms with Gasteiger partial charge in [-0.2, -0.15) is 18.1 Å². The fourth-order valence-electron chi connectivity index (χ4n) is 3.57. The van der Waals surface area contributed by atoms with Gasteiger partial charge in [0, 0.05) is 25.1 Å². The molecule has 2 aromatic rings. The highest BCUT2D eigenvalue weighted by molar-refractivity contribution is 7.85. The third-order valence-corrected chi connectivity index (χ3v) is 5.87. The highest BCUT2D eigenvalue weighted by Crippen LogP contribution is 2.39. The normalized spacial score (nSPS) is 15.9. The summed E-state index contributed by atoms with van der Waals surface area (Å²) in [6.07, 6.45) is 2.18. The van der Waals surface area contributed by atoms with Crippen LogP contribution in [-0.2, 0) is 15.5 Å². The van der Waals surface area contributed by atoms with Crippen LogP contribution < -0.4 is 5.01 Å². The predicted octanol–water partition coefficient (Wildman–Crippen LogP) is 3.46. The van der Waals surface area contributed by atoms with Crippen LogP contribution >= 0.6 is 0 Å². The number of benzene rings is 2. The van der Waals surface area contributed by atoms with E-state index in [9.17, 15) is 8.42 Å². The number of nitrogens with zero attached hydrogens (tertiary/aromatic N) is 3. The number of hydrogen-bond acceptors (Lipinski definition) is 4. The maximum atomic E-state index is 11.1. The maximum Gasteiger partial charge on any atom is 0.265 e. The highest BCUT2D eigenvalue weighted by Gasteiger charge is 2.44. The summed E-state index contributed by atoms with van der Waals surface area (Å²) in [7, 11) is -2.09. The molecule has 1 aliphatic rings. The Labute approximate surface area is 166 Å². The first-order chi connectivity index (χ1) is 13.2. The van der Waals surface area contributed by atoms with Crippen LogP contribution in [0.3, 0.4) is 0 Å². The van der Waals surface area contributed by atoms with E-state index in [-0.39, 0.29) is 11.2 Å². The van der Waals surface area contributed by atoms with Crippen LogP contribution in [0.25, 0.3) is 0 Å². The lowest BCUT2D eigenvalue weighted by atomic mass is 9.82. The van der Waals surface area contributed by atoms with E-state index < -0.39 is 10.1 Å². The van der Waals surface area contributed by atoms with Gasteiger partial charge in [0.2, 0.25) is 11.4 Å². The van der Waals surface area contributed by atoms with Gasteiger partial charge in [-0.25, -0.2) is 0 Å². The number of para-hydroxylation sites is 2. The molecule has 148 valence electrons. The minimum absolute atomic E-state index is 0.263. The summed E-state index contributed by atoms with van der Waals surface area (Å²) in [6, 6.07) is 18.0. The lowest BCUT2D eigenvalue weighted by molar-refractivity contribution is -0.436. The largest absolute Gasteiger partial charge is 0.286 e. The number of rotatable bonds is 7. The van der Waals surface area contributed by atoms with Crippen molar-refractivity contribution in [3.8, 4) is 0 Å². The summed E-state index contributed by atoms with van der Waals surface area (Å²) in [5, 5.41) is 6.43. The van der Waals surface area contributed by atoms with Gasteiger partial charge in [0.25, 0.3) is 10.1 Å². The first-order valence-electron chi connectivity index (χ1n) is 9.22. The Bertz CT molecular complexity index is 1010. The molecule has 1 heterocycles. The molecule has 0 radical (unpaired) electrons. The molecule has 0 amide bonds. The van der Waals surface area contributed by atoms with Crippen molar-refractivity contribution in [2.75, 3.05) is 24.4 Å². The van der Waals surface area contributed by atoms with Crippen LogP contribution in [0.15, 0.2) is 59.7 Å². The van der Waals surface area contributed by atoms with E-state index in [2.05, 4.69) is 29.6 Å². The van der Waals surface area contributed by atoms with Crippen LogP contribution in [0.4, 0.5) is 11.4 Å². The summed E-state index contributed by atoms with van der Waals surface area (Å²) in [5.74, 6) is -0.263. The second kappa shape index (κ2) is 7.85. The lowest BCUT2D eigenvalue weighted by Gasteiger charge is -2.16. The summed E-state index contributed by atoms with van der Waals surface area (Å²) in [6.45, 7) is 4.76. The molecule has 2 aromatic carbocycles. The number of fused-ring (bicyclic) bond motifs is 1. The van der Waals surface area contributed by atoms with Gasteiger partial charge in [-0.05, 0) is 26.0 Å². The SMILES string of the molecule is CN(/N=C/C1=[N+](CCCS(=O)(=O)O)c2ccccc2C1(C)C)c1ccccc1. The summed E-state index contributed by atoms with van der Waals surface area (Å²) in [4.78, 5) is 0. The molecule has 0 bridgehead atoms. The third-order valence-electron chi connectivity index (χ3n) is 5.07. The highest BCUT2D eigenvalue weighted by atomic mass is 32.2. The average molecular weight is 401 g/mol. The van der Waals surface area contributed by atoms with Crippen LogP contribution in [0.2, 0.25) is 0 Å². The van der Waals surface area contributed by atoms with Gasteiger partial charge in [0.1, 0.15) is 12.8 Å². The van der Waals surface area contributed by atoms with Gasteiger partial charge < -0.3 is 0 Å². The number of anilines is 1. The number of hydrogen-bond donors (Lipinski definition) is 1. The summed E-state index contributed by atoms with van der Waals surface area (Å²) >= 11 is 0. The van der Waals surface area contributed by atoms with Crippen LogP contribution in [-0.4, -0.2) is 48.8 Å². The molecule has 0 aromatic heterocycles. The summed E-state index contributed by atoms with van der Waals surface area (Å²) < 4.78 is 33.4. The lowest BCUT2D eigenvalue weighted by Crippen LogP contribution is -2.32. The molecule has 0 spiro atoms. The van der Waals surface area contributed by atoms with Crippen molar-refractivity contribution < 1.29 is 17.5 Å². The van der Waals surface area contributed by atoms with Gasteiger partial charge in [0.05, 0.1) is 16.9 Å². The Morgan fingerprint density at radius 1 is 1.11 bits per heavy atom. The molecule has 0 saturated carbocycles. The topological polar surface area (TPSA) is 73.0 Å². The van der Waals surface area contributed by atoms with E-state index in [1.54, 1.807) is 0 Å². The van der Waals surface area contributed by atoms with Crippen molar-refractivity contribution >= 4 is 33.4 Å². The zero-order valence-corrected chi connectivity index (χ0v) is 17.2. The van der Waals surface area contributed by atoms with Crippen molar-refractivity contribution in [3.05, 3.63) is 60.2 Å². The zero-order chi connectivity index (χ0) is 20.4. The van der Waals surface area contributed by atoms with Crippen molar-refractivity contribution in [1.29, 1.82) is 0 Å². The Hall–Kier alpha value is -2.51. The van der Waals surface area contributed by atoms with E-state index in [1.807, 2.05) is 66.8 Å². The molecule has 1 aliphatic heterocycles. The van der Waals surface area contributed by atoms with Gasteiger partial charge in [-0.1, -0.05) is 36.4 Å². The molecule has 7 heteroatoms. The van der Waals surface area contributed by atoms with Crippen LogP contribution in [0.1, 0.15) is 25.8 Å². The zero-order valence-electron chi connectivity index (χ0n) is 16.4. The molecule has 1 N–H and O–H groups in total. The second-order valence-corrected chi connectivity index (χ2v) is 8.99. The van der Waals surface area contributed by atoms with Crippen LogP contribution in [0.5, 0.6) is 0 Å². The Balaban J connectivity index is 1.95. The van der Waals surface area contributed by atoms with Crippen molar-refractivity contribution in [2.45, 2.75) is 25.7 Å². The molecule has 0 aliphatic carbocycles. The maximum absolute atomic E-state index is 11.1. The van der Waals surface area contributed by atoms with E-state index >= 15 is 0 Å². The minimum Gasteiger partial charge on any atom is -0.286 e. The first kappa shape index (κ1) is 20.2. The van der Waals surface area contributed by atoms with Crippen LogP contribution in [0, 0.1) is 0 Å². The quantitative estimate of drug-likeness (QED) is 0.334. The van der Waals surface area contributed by atoms with Crippen molar-refractivity contribution in [1.82, 2.24) is 0 Å². The number of hydrazone groups is 1. The molecular weight excluding hydrogens is 374 g/mol. The molecule has 0 saturated heterocycles. The van der Waals surface area contributed by atoms with Gasteiger partial charge in [-0.15, -0.1) is 0 Å². The van der Waals surface area contributed by atoms with E-state index in [0.717, 1.165) is 17.1 Å². The second-order valence-electron chi connectivity index (χ2n) is 7.42. The van der Waals surface area contributed by atoms with Crippen molar-refractivity contribution in [2.24, 2.45) is 5.10 Å². The van der Waals surface area contributed by atoms with E-state index in [1.165, 1.54) is 5.56 Å². The molecule has 28 heavy (non-hydrogen) atoms. The fourth-order valence-corrected chi connectivity index (χ4v) is 4.07. The molecule has 6 nitrogen and oxygen atoms in total. The standard InChI is InChI=1S/C21H25N3O3S/c1-21(2)18-12-7-8-13-19(18)24(14-9-15-28(25,26)27)20(21)16-22-23(3)17-10-5-4-6-11-17/h4-8,10-13,16H,9,14-15H2,1-3H3/p+1. The molecular formula is C21H26N3O3S+. The molecule has 0 unspecified atom stereocenters. The van der Waals surface area contributed by atoms with E-state index in [4.69, 9.17) is 4.55 Å². The average Bonchev–Trinajstić information content (AvgIpc) is 2.87. The van der Waals surface area contributed by atoms with Gasteiger partial charge >= 0.3 is 0 Å². The fraction of sp³-hybridized carbons (Fsp3) is 0.333. The van der Waals surface area contributed by atoms with Gasteiger partial charge in [0.15, 0.2) is 0 Å². The summed E-state index contributed by atoms with van der Waals surface area (Å²) in [5.41, 5.74) is 3.92. The Kier molecular flexibility index (Phi) is 5.67. The Morgan fingerprint density at radius 2 is 1.75 bits per heavy atom. The monoisotopic (exact) mass is 400 g/mol. The molecule has 0 fully saturated rings. The third kappa shape index (κ3) is 4.31. The molecule has 0 atom stereocenters. The minimum atomic E-state index is -3.98.